The smallest absolute Gasteiger partial charge is 0.286 e. The minimum Gasteiger partial charge on any atom is -0.486 e. The first-order valence-electron chi connectivity index (χ1n) is 6.44. The van der Waals surface area contributed by atoms with E-state index in [2.05, 4.69) is 10.3 Å². The molecule has 22 heavy (non-hydrogen) atoms. The summed E-state index contributed by atoms with van der Waals surface area (Å²) in [5.74, 6) is -0.0410. The number of nitro benzene ring substituents is 1. The van der Waals surface area contributed by atoms with Gasteiger partial charge in [-0.2, -0.15) is 0 Å². The zero-order valence-electron chi connectivity index (χ0n) is 11.3. The average molecular weight is 301 g/mol. The van der Waals surface area contributed by atoms with E-state index in [1.54, 1.807) is 18.3 Å². The number of fused-ring (bicyclic) bond motifs is 1. The van der Waals surface area contributed by atoms with Crippen molar-refractivity contribution in [3.05, 3.63) is 52.3 Å². The van der Waals surface area contributed by atoms with Crippen molar-refractivity contribution in [2.24, 2.45) is 0 Å². The van der Waals surface area contributed by atoms with Crippen molar-refractivity contribution in [2.75, 3.05) is 18.5 Å². The van der Waals surface area contributed by atoms with Crippen molar-refractivity contribution in [3.63, 3.8) is 0 Å². The van der Waals surface area contributed by atoms with Gasteiger partial charge in [0, 0.05) is 12.3 Å². The van der Waals surface area contributed by atoms with Gasteiger partial charge in [-0.3, -0.25) is 19.9 Å². The third-order valence-electron chi connectivity index (χ3n) is 3.02. The predicted octanol–water partition coefficient (Wildman–Crippen LogP) is 2.01. The molecule has 3 rings (SSSR count). The summed E-state index contributed by atoms with van der Waals surface area (Å²) < 4.78 is 10.7. The third kappa shape index (κ3) is 2.66. The molecule has 1 amide bonds. The average Bonchev–Trinajstić information content (AvgIpc) is 2.54. The number of hydrogen-bond donors (Lipinski definition) is 1. The molecule has 2 heterocycles. The van der Waals surface area contributed by atoms with E-state index in [-0.39, 0.29) is 17.0 Å². The van der Waals surface area contributed by atoms with Crippen molar-refractivity contribution >= 4 is 17.3 Å². The molecule has 0 unspecified atom stereocenters. The van der Waals surface area contributed by atoms with E-state index in [9.17, 15) is 14.9 Å². The number of amides is 1. The van der Waals surface area contributed by atoms with Crippen molar-refractivity contribution < 1.29 is 19.2 Å². The molecule has 8 nitrogen and oxygen atoms in total. The van der Waals surface area contributed by atoms with Crippen LogP contribution in [0.2, 0.25) is 0 Å². The normalized spacial score (nSPS) is 12.5. The van der Waals surface area contributed by atoms with Crippen LogP contribution in [0.4, 0.5) is 11.4 Å². The van der Waals surface area contributed by atoms with Gasteiger partial charge in [0.15, 0.2) is 11.5 Å². The molecular weight excluding hydrogens is 290 g/mol. The van der Waals surface area contributed by atoms with E-state index in [1.165, 1.54) is 18.3 Å². The van der Waals surface area contributed by atoms with Gasteiger partial charge < -0.3 is 14.8 Å². The second-order valence-corrected chi connectivity index (χ2v) is 4.47. The van der Waals surface area contributed by atoms with Gasteiger partial charge >= 0.3 is 0 Å². The molecule has 1 N–H and O–H groups in total. The van der Waals surface area contributed by atoms with Crippen LogP contribution in [0.5, 0.6) is 11.5 Å². The van der Waals surface area contributed by atoms with E-state index in [0.717, 1.165) is 0 Å². The Labute approximate surface area is 124 Å². The molecule has 0 saturated carbocycles. The number of aromatic nitrogens is 1. The second-order valence-electron chi connectivity index (χ2n) is 4.47. The van der Waals surface area contributed by atoms with Crippen LogP contribution < -0.4 is 14.8 Å². The number of nitrogens with one attached hydrogen (secondary N) is 1. The summed E-state index contributed by atoms with van der Waals surface area (Å²) >= 11 is 0. The van der Waals surface area contributed by atoms with Crippen molar-refractivity contribution in [1.82, 2.24) is 4.98 Å². The van der Waals surface area contributed by atoms with Crippen LogP contribution in [0.15, 0.2) is 36.7 Å². The SMILES string of the molecule is O=C(Nc1cccnc1)c1cc2c(cc1[N+](=O)[O-])OCCO2. The number of ether oxygens (including phenoxy) is 2. The minimum absolute atomic E-state index is 0.0990. The van der Waals surface area contributed by atoms with E-state index in [0.29, 0.717) is 24.7 Å². The molecule has 1 aliphatic rings. The second kappa shape index (κ2) is 5.68. The lowest BCUT2D eigenvalue weighted by atomic mass is 10.1. The lowest BCUT2D eigenvalue weighted by Crippen LogP contribution is -2.18. The highest BCUT2D eigenvalue weighted by Crippen LogP contribution is 2.36. The maximum atomic E-state index is 12.3. The van der Waals surface area contributed by atoms with Crippen molar-refractivity contribution in [3.8, 4) is 11.5 Å². The third-order valence-corrected chi connectivity index (χ3v) is 3.02. The molecule has 0 atom stereocenters. The van der Waals surface area contributed by atoms with Gasteiger partial charge in [0.25, 0.3) is 11.6 Å². The summed E-state index contributed by atoms with van der Waals surface area (Å²) in [5.41, 5.74) is 0.000399. The molecule has 2 aromatic rings. The van der Waals surface area contributed by atoms with Crippen LogP contribution in [0.3, 0.4) is 0 Å². The van der Waals surface area contributed by atoms with E-state index >= 15 is 0 Å². The summed E-state index contributed by atoms with van der Waals surface area (Å²) in [5, 5.41) is 13.7. The summed E-state index contributed by atoms with van der Waals surface area (Å²) in [6.45, 7) is 0.639. The first-order chi connectivity index (χ1) is 10.6. The largest absolute Gasteiger partial charge is 0.486 e. The van der Waals surface area contributed by atoms with Gasteiger partial charge in [0.2, 0.25) is 0 Å². The topological polar surface area (TPSA) is 104 Å². The Kier molecular flexibility index (Phi) is 3.57. The molecule has 0 saturated heterocycles. The molecule has 8 heteroatoms. The molecule has 0 spiro atoms. The Morgan fingerprint density at radius 1 is 1.27 bits per heavy atom. The number of carbonyl (C=O) groups excluding carboxylic acids is 1. The lowest BCUT2D eigenvalue weighted by Gasteiger charge is -2.18. The molecule has 0 radical (unpaired) electrons. The fourth-order valence-corrected chi connectivity index (χ4v) is 2.05. The Hall–Kier alpha value is -3.16. The molecule has 1 aromatic carbocycles. The van der Waals surface area contributed by atoms with Gasteiger partial charge in [0.05, 0.1) is 22.9 Å². The van der Waals surface area contributed by atoms with Crippen LogP contribution in [-0.4, -0.2) is 29.0 Å². The van der Waals surface area contributed by atoms with Gasteiger partial charge in [-0.05, 0) is 12.1 Å². The number of rotatable bonds is 3. The summed E-state index contributed by atoms with van der Waals surface area (Å²) in [6.07, 6.45) is 3.00. The fraction of sp³-hybridized carbons (Fsp3) is 0.143. The molecule has 0 bridgehead atoms. The Morgan fingerprint density at radius 3 is 2.64 bits per heavy atom. The first-order valence-corrected chi connectivity index (χ1v) is 6.44. The highest BCUT2D eigenvalue weighted by atomic mass is 16.6. The van der Waals surface area contributed by atoms with Gasteiger partial charge in [-0.1, -0.05) is 0 Å². The van der Waals surface area contributed by atoms with Gasteiger partial charge in [0.1, 0.15) is 18.8 Å². The lowest BCUT2D eigenvalue weighted by molar-refractivity contribution is -0.385. The Bertz CT molecular complexity index is 733. The van der Waals surface area contributed by atoms with E-state index in [4.69, 9.17) is 9.47 Å². The van der Waals surface area contributed by atoms with E-state index in [1.807, 2.05) is 0 Å². The number of pyridine rings is 1. The van der Waals surface area contributed by atoms with Crippen LogP contribution >= 0.6 is 0 Å². The maximum absolute atomic E-state index is 12.3. The molecule has 1 aromatic heterocycles. The molecule has 112 valence electrons. The number of carbonyl (C=O) groups is 1. The summed E-state index contributed by atoms with van der Waals surface area (Å²) in [6, 6.07) is 5.80. The number of anilines is 1. The zero-order valence-corrected chi connectivity index (χ0v) is 11.3. The standard InChI is InChI=1S/C14H11N3O5/c18-14(16-9-2-1-3-15-8-9)10-6-12-13(22-5-4-21-12)7-11(10)17(19)20/h1-3,6-8H,4-5H2,(H,16,18). The molecular formula is C14H11N3O5. The monoisotopic (exact) mass is 301 g/mol. The zero-order chi connectivity index (χ0) is 15.5. The Morgan fingerprint density at radius 2 is 2.00 bits per heavy atom. The van der Waals surface area contributed by atoms with Gasteiger partial charge in [-0.25, -0.2) is 0 Å². The quantitative estimate of drug-likeness (QED) is 0.687. The molecule has 0 fully saturated rings. The number of benzene rings is 1. The summed E-state index contributed by atoms with van der Waals surface area (Å²) in [4.78, 5) is 26.7. The first kappa shape index (κ1) is 13.8. The van der Waals surface area contributed by atoms with Crippen LogP contribution in [0, 0.1) is 10.1 Å². The van der Waals surface area contributed by atoms with Crippen molar-refractivity contribution in [2.45, 2.75) is 0 Å². The van der Waals surface area contributed by atoms with Gasteiger partial charge in [-0.15, -0.1) is 0 Å². The van der Waals surface area contributed by atoms with Crippen LogP contribution in [-0.2, 0) is 0 Å². The number of nitro groups is 1. The highest BCUT2D eigenvalue weighted by molar-refractivity contribution is 6.07. The number of nitrogens with zero attached hydrogens (tertiary/aromatic N) is 2. The van der Waals surface area contributed by atoms with E-state index < -0.39 is 10.8 Å². The highest BCUT2D eigenvalue weighted by Gasteiger charge is 2.26. The fourth-order valence-electron chi connectivity index (χ4n) is 2.05. The summed E-state index contributed by atoms with van der Waals surface area (Å²) in [7, 11) is 0. The Balaban J connectivity index is 1.97. The van der Waals surface area contributed by atoms with Crippen LogP contribution in [0.1, 0.15) is 10.4 Å². The maximum Gasteiger partial charge on any atom is 0.286 e. The minimum atomic E-state index is -0.629. The number of hydrogen-bond acceptors (Lipinski definition) is 6. The van der Waals surface area contributed by atoms with Crippen molar-refractivity contribution in [1.29, 1.82) is 0 Å². The molecule has 0 aliphatic carbocycles. The van der Waals surface area contributed by atoms with Crippen LogP contribution in [0.25, 0.3) is 0 Å². The predicted molar refractivity (Wildman–Crippen MR) is 76.3 cm³/mol. The molecule has 1 aliphatic heterocycles.